The minimum absolute atomic E-state index is 0.143. The second-order valence-electron chi connectivity index (χ2n) is 5.59. The number of rotatable bonds is 3. The van der Waals surface area contributed by atoms with Crippen LogP contribution in [-0.2, 0) is 5.41 Å². The van der Waals surface area contributed by atoms with Gasteiger partial charge in [-0.1, -0.05) is 39.8 Å². The van der Waals surface area contributed by atoms with Crippen molar-refractivity contribution in [2.24, 2.45) is 0 Å². The van der Waals surface area contributed by atoms with Crippen LogP contribution in [0.1, 0.15) is 54.7 Å². The molecule has 0 spiro atoms. The Kier molecular flexibility index (Phi) is 4.49. The van der Waals surface area contributed by atoms with E-state index < -0.39 is 0 Å². The number of hydrogen-bond donors (Lipinski definition) is 0. The fourth-order valence-corrected chi connectivity index (χ4v) is 2.90. The van der Waals surface area contributed by atoms with Crippen LogP contribution in [-0.4, -0.2) is 11.7 Å². The van der Waals surface area contributed by atoms with Gasteiger partial charge < -0.3 is 0 Å². The first-order valence-electron chi connectivity index (χ1n) is 6.17. The summed E-state index contributed by atoms with van der Waals surface area (Å²) in [5.41, 5.74) is 4.95. The van der Waals surface area contributed by atoms with Crippen molar-refractivity contribution in [3.8, 4) is 0 Å². The SMILES string of the molecule is CCPC(=O)c1c(C)cc(C(C)(C)C)cc1C. The first-order chi connectivity index (χ1) is 7.77. The molecule has 0 heterocycles. The summed E-state index contributed by atoms with van der Waals surface area (Å²) >= 11 is 0. The Hall–Kier alpha value is -0.680. The van der Waals surface area contributed by atoms with E-state index in [1.165, 1.54) is 5.56 Å². The number of carbonyl (C=O) groups is 1. The van der Waals surface area contributed by atoms with E-state index in [1.54, 1.807) is 0 Å². The molecule has 2 heteroatoms. The van der Waals surface area contributed by atoms with Crippen molar-refractivity contribution in [2.75, 3.05) is 6.16 Å². The van der Waals surface area contributed by atoms with E-state index in [-0.39, 0.29) is 5.41 Å². The molecule has 0 radical (unpaired) electrons. The predicted octanol–water partition coefficient (Wildman–Crippen LogP) is 4.44. The Morgan fingerprint density at radius 2 is 1.65 bits per heavy atom. The number of hydrogen-bond acceptors (Lipinski definition) is 1. The average molecular weight is 250 g/mol. The Bertz CT molecular complexity index is 404. The molecule has 0 fully saturated rings. The Morgan fingerprint density at radius 1 is 1.18 bits per heavy atom. The first kappa shape index (κ1) is 14.4. The second kappa shape index (κ2) is 5.31. The quantitative estimate of drug-likeness (QED) is 0.725. The maximum atomic E-state index is 12.1. The highest BCUT2D eigenvalue weighted by Gasteiger charge is 2.18. The van der Waals surface area contributed by atoms with E-state index in [4.69, 9.17) is 0 Å². The van der Waals surface area contributed by atoms with Crippen LogP contribution in [0.25, 0.3) is 0 Å². The summed E-state index contributed by atoms with van der Waals surface area (Å²) < 4.78 is 0. The Balaban J connectivity index is 3.25. The van der Waals surface area contributed by atoms with Gasteiger partial charge in [0.15, 0.2) is 5.52 Å². The van der Waals surface area contributed by atoms with Gasteiger partial charge in [-0.3, -0.25) is 4.79 Å². The van der Waals surface area contributed by atoms with Gasteiger partial charge in [0.1, 0.15) is 0 Å². The highest BCUT2D eigenvalue weighted by molar-refractivity contribution is 7.58. The third-order valence-electron chi connectivity index (χ3n) is 2.96. The highest BCUT2D eigenvalue weighted by Crippen LogP contribution is 2.30. The molecule has 94 valence electrons. The van der Waals surface area contributed by atoms with Crippen LogP contribution < -0.4 is 0 Å². The molecule has 1 aromatic carbocycles. The van der Waals surface area contributed by atoms with Crippen molar-refractivity contribution in [1.29, 1.82) is 0 Å². The summed E-state index contributed by atoms with van der Waals surface area (Å²) in [6.07, 6.45) is 0.943. The van der Waals surface area contributed by atoms with E-state index in [2.05, 4.69) is 53.7 Å². The molecular weight excluding hydrogens is 227 g/mol. The van der Waals surface area contributed by atoms with Crippen LogP contribution in [0, 0.1) is 13.8 Å². The molecule has 1 aromatic rings. The monoisotopic (exact) mass is 250 g/mol. The lowest BCUT2D eigenvalue weighted by atomic mass is 9.84. The van der Waals surface area contributed by atoms with Gasteiger partial charge >= 0.3 is 0 Å². The zero-order valence-corrected chi connectivity index (χ0v) is 12.8. The van der Waals surface area contributed by atoms with E-state index >= 15 is 0 Å². The molecule has 0 N–H and O–H groups in total. The van der Waals surface area contributed by atoms with Gasteiger partial charge in [-0.2, -0.15) is 0 Å². The van der Waals surface area contributed by atoms with Gasteiger partial charge in [0.05, 0.1) is 0 Å². The van der Waals surface area contributed by atoms with Gasteiger partial charge in [-0.25, -0.2) is 0 Å². The molecule has 1 unspecified atom stereocenters. The molecule has 0 aliphatic carbocycles. The lowest BCUT2D eigenvalue weighted by Gasteiger charge is -2.22. The molecule has 0 amide bonds. The molecule has 1 atom stereocenters. The Morgan fingerprint density at radius 3 is 2.00 bits per heavy atom. The normalized spacial score (nSPS) is 12.4. The van der Waals surface area contributed by atoms with Gasteiger partial charge in [0.2, 0.25) is 0 Å². The third kappa shape index (κ3) is 3.39. The van der Waals surface area contributed by atoms with Crippen LogP contribution in [0.5, 0.6) is 0 Å². The van der Waals surface area contributed by atoms with Gasteiger partial charge in [0.25, 0.3) is 0 Å². The number of benzene rings is 1. The minimum atomic E-state index is 0.143. The molecule has 17 heavy (non-hydrogen) atoms. The Labute approximate surface area is 107 Å². The van der Waals surface area contributed by atoms with Gasteiger partial charge in [0, 0.05) is 5.56 Å². The smallest absolute Gasteiger partial charge is 0.181 e. The van der Waals surface area contributed by atoms with Crippen LogP contribution >= 0.6 is 8.58 Å². The van der Waals surface area contributed by atoms with Crippen molar-refractivity contribution in [1.82, 2.24) is 0 Å². The van der Waals surface area contributed by atoms with Crippen molar-refractivity contribution in [3.05, 3.63) is 34.4 Å². The fraction of sp³-hybridized carbons (Fsp3) is 0.533. The molecule has 1 rings (SSSR count). The van der Waals surface area contributed by atoms with E-state index in [0.29, 0.717) is 14.1 Å². The largest absolute Gasteiger partial charge is 0.289 e. The topological polar surface area (TPSA) is 17.1 Å². The second-order valence-corrected chi connectivity index (χ2v) is 7.11. The van der Waals surface area contributed by atoms with Crippen LogP contribution in [0.15, 0.2) is 12.1 Å². The lowest BCUT2D eigenvalue weighted by Crippen LogP contribution is -2.13. The standard InChI is InChI=1S/C15H23OP/c1-7-17-14(16)13-10(2)8-12(9-11(13)3)15(4,5)6/h8-9,17H,7H2,1-6H3. The van der Waals surface area contributed by atoms with Crippen LogP contribution in [0.3, 0.4) is 0 Å². The molecule has 0 saturated heterocycles. The average Bonchev–Trinajstić information content (AvgIpc) is 2.15. The molecule has 1 nitrogen and oxygen atoms in total. The predicted molar refractivity (Wildman–Crippen MR) is 77.8 cm³/mol. The molecular formula is C15H23OP. The highest BCUT2D eigenvalue weighted by atomic mass is 31.1. The zero-order chi connectivity index (χ0) is 13.2. The van der Waals surface area contributed by atoms with E-state index in [1.807, 2.05) is 0 Å². The molecule has 0 aliphatic rings. The number of aryl methyl sites for hydroxylation is 2. The fourth-order valence-electron chi connectivity index (χ4n) is 2.00. The van der Waals surface area contributed by atoms with Crippen molar-refractivity contribution in [3.63, 3.8) is 0 Å². The number of carbonyl (C=O) groups excluding carboxylic acids is 1. The summed E-state index contributed by atoms with van der Waals surface area (Å²) in [5.74, 6) is 0. The van der Waals surface area contributed by atoms with Crippen molar-refractivity contribution >= 4 is 14.1 Å². The molecule has 0 bridgehead atoms. The maximum Gasteiger partial charge on any atom is 0.181 e. The minimum Gasteiger partial charge on any atom is -0.289 e. The van der Waals surface area contributed by atoms with Gasteiger partial charge in [-0.15, -0.1) is 0 Å². The molecule has 0 aromatic heterocycles. The summed E-state index contributed by atoms with van der Waals surface area (Å²) in [7, 11) is 0.403. The third-order valence-corrected chi connectivity index (χ3v) is 3.89. The summed E-state index contributed by atoms with van der Waals surface area (Å²) in [6, 6.07) is 4.33. The van der Waals surface area contributed by atoms with Gasteiger partial charge in [-0.05, 0) is 50.7 Å². The van der Waals surface area contributed by atoms with Crippen LogP contribution in [0.4, 0.5) is 0 Å². The summed E-state index contributed by atoms with van der Waals surface area (Å²) in [4.78, 5) is 12.1. The lowest BCUT2D eigenvalue weighted by molar-refractivity contribution is 0.108. The molecule has 0 saturated carbocycles. The van der Waals surface area contributed by atoms with Crippen LogP contribution in [0.2, 0.25) is 0 Å². The molecule has 0 aliphatic heterocycles. The van der Waals surface area contributed by atoms with E-state index in [0.717, 1.165) is 22.9 Å². The van der Waals surface area contributed by atoms with Crippen molar-refractivity contribution in [2.45, 2.75) is 47.0 Å². The maximum absolute atomic E-state index is 12.1. The first-order valence-corrected chi connectivity index (χ1v) is 7.38. The summed E-state index contributed by atoms with van der Waals surface area (Å²) in [6.45, 7) is 12.8. The summed E-state index contributed by atoms with van der Waals surface area (Å²) in [5, 5.41) is 0. The zero-order valence-electron chi connectivity index (χ0n) is 11.8. The van der Waals surface area contributed by atoms with Crippen molar-refractivity contribution < 1.29 is 4.79 Å². The van der Waals surface area contributed by atoms with E-state index in [9.17, 15) is 4.79 Å².